The molecule has 0 amide bonds. The molecule has 0 atom stereocenters. The Labute approximate surface area is 185 Å². The Kier molecular flexibility index (Phi) is 5.69. The number of hydrogen-bond donors (Lipinski definition) is 1. The standard InChI is InChI=1S/C23H20ClN3O2.ClH/c1-14-13-26-21-22(28)20-17(24)3-2-4-18(20)29-23(21)19(14)15-5-7-16(8-6-15)27-11-9-25-10-12-27;/h2-8,13,25H,9-12H2,1H3;1H. The lowest BCUT2D eigenvalue weighted by Gasteiger charge is -2.29. The van der Waals surface area contributed by atoms with Crippen molar-refractivity contribution < 1.29 is 4.42 Å². The minimum atomic E-state index is -0.203. The third kappa shape index (κ3) is 3.43. The second kappa shape index (κ2) is 8.26. The minimum Gasteiger partial charge on any atom is -0.453 e. The lowest BCUT2D eigenvalue weighted by atomic mass is 10.00. The van der Waals surface area contributed by atoms with Gasteiger partial charge in [0.2, 0.25) is 5.43 Å². The molecule has 0 radical (unpaired) electrons. The van der Waals surface area contributed by atoms with Crippen molar-refractivity contribution in [2.24, 2.45) is 0 Å². The number of aryl methyl sites for hydroxylation is 1. The molecule has 3 heterocycles. The third-order valence-electron chi connectivity index (χ3n) is 5.49. The summed E-state index contributed by atoms with van der Waals surface area (Å²) >= 11 is 6.25. The van der Waals surface area contributed by atoms with Gasteiger partial charge in [-0.25, -0.2) is 4.98 Å². The maximum atomic E-state index is 13.0. The molecular weight excluding hydrogens is 421 g/mol. The Morgan fingerprint density at radius 3 is 2.57 bits per heavy atom. The zero-order chi connectivity index (χ0) is 20.0. The fourth-order valence-electron chi connectivity index (χ4n) is 4.00. The molecule has 1 saturated heterocycles. The summed E-state index contributed by atoms with van der Waals surface area (Å²) in [6, 6.07) is 13.7. The number of piperazine rings is 1. The topological polar surface area (TPSA) is 58.4 Å². The third-order valence-corrected chi connectivity index (χ3v) is 5.81. The maximum absolute atomic E-state index is 13.0. The second-order valence-corrected chi connectivity index (χ2v) is 7.73. The van der Waals surface area contributed by atoms with E-state index < -0.39 is 0 Å². The molecule has 4 aromatic rings. The van der Waals surface area contributed by atoms with E-state index in [1.54, 1.807) is 24.4 Å². The first kappa shape index (κ1) is 20.7. The van der Waals surface area contributed by atoms with E-state index in [0.717, 1.165) is 42.9 Å². The van der Waals surface area contributed by atoms with E-state index in [0.29, 0.717) is 27.1 Å². The van der Waals surface area contributed by atoms with Crippen molar-refractivity contribution in [3.05, 3.63) is 69.5 Å². The van der Waals surface area contributed by atoms with Crippen molar-refractivity contribution in [3.8, 4) is 11.1 Å². The molecule has 5 rings (SSSR count). The van der Waals surface area contributed by atoms with Gasteiger partial charge in [0.1, 0.15) is 5.58 Å². The summed E-state index contributed by atoms with van der Waals surface area (Å²) in [6.07, 6.45) is 1.72. The highest BCUT2D eigenvalue weighted by Gasteiger charge is 2.18. The van der Waals surface area contributed by atoms with Crippen LogP contribution in [-0.4, -0.2) is 31.2 Å². The molecule has 1 aliphatic rings. The number of rotatable bonds is 2. The molecule has 0 saturated carbocycles. The number of nitrogens with zero attached hydrogens (tertiary/aromatic N) is 2. The van der Waals surface area contributed by atoms with E-state index in [1.165, 1.54) is 5.69 Å². The molecule has 0 bridgehead atoms. The van der Waals surface area contributed by atoms with Crippen LogP contribution in [0.3, 0.4) is 0 Å². The van der Waals surface area contributed by atoms with Gasteiger partial charge in [-0.05, 0) is 42.3 Å². The van der Waals surface area contributed by atoms with Crippen LogP contribution in [0.2, 0.25) is 5.02 Å². The van der Waals surface area contributed by atoms with Crippen molar-refractivity contribution in [3.63, 3.8) is 0 Å². The van der Waals surface area contributed by atoms with E-state index >= 15 is 0 Å². The van der Waals surface area contributed by atoms with Crippen LogP contribution in [0.5, 0.6) is 0 Å². The summed E-state index contributed by atoms with van der Waals surface area (Å²) < 4.78 is 6.16. The summed E-state index contributed by atoms with van der Waals surface area (Å²) in [7, 11) is 0. The fraction of sp³-hybridized carbons (Fsp3) is 0.217. The Balaban J connectivity index is 0.00000218. The number of benzene rings is 2. The van der Waals surface area contributed by atoms with Gasteiger partial charge < -0.3 is 14.6 Å². The molecule has 0 aliphatic carbocycles. The monoisotopic (exact) mass is 441 g/mol. The molecule has 1 N–H and O–H groups in total. The van der Waals surface area contributed by atoms with Crippen LogP contribution >= 0.6 is 24.0 Å². The van der Waals surface area contributed by atoms with Gasteiger partial charge in [-0.3, -0.25) is 4.79 Å². The van der Waals surface area contributed by atoms with E-state index in [-0.39, 0.29) is 17.8 Å². The normalized spacial score (nSPS) is 14.1. The molecular formula is C23H21Cl2N3O2. The molecule has 1 aliphatic heterocycles. The number of hydrogen-bond acceptors (Lipinski definition) is 5. The second-order valence-electron chi connectivity index (χ2n) is 7.32. The van der Waals surface area contributed by atoms with E-state index in [1.807, 2.05) is 6.92 Å². The van der Waals surface area contributed by atoms with Gasteiger partial charge in [0.15, 0.2) is 11.1 Å². The molecule has 5 nitrogen and oxygen atoms in total. The molecule has 2 aromatic carbocycles. The summed E-state index contributed by atoms with van der Waals surface area (Å²) in [5.41, 5.74) is 5.12. The van der Waals surface area contributed by atoms with Crippen molar-refractivity contribution in [1.29, 1.82) is 0 Å². The fourth-order valence-corrected chi connectivity index (χ4v) is 4.25. The molecule has 154 valence electrons. The first-order valence-corrected chi connectivity index (χ1v) is 10.1. The summed E-state index contributed by atoms with van der Waals surface area (Å²) in [5.74, 6) is 0. The zero-order valence-electron chi connectivity index (χ0n) is 16.4. The largest absolute Gasteiger partial charge is 0.453 e. The highest BCUT2D eigenvalue weighted by molar-refractivity contribution is 6.35. The lowest BCUT2D eigenvalue weighted by molar-refractivity contribution is 0.589. The smallest absolute Gasteiger partial charge is 0.220 e. The van der Waals surface area contributed by atoms with Crippen molar-refractivity contribution >= 4 is 51.8 Å². The number of pyridine rings is 1. The van der Waals surface area contributed by atoms with E-state index in [2.05, 4.69) is 39.5 Å². The summed E-state index contributed by atoms with van der Waals surface area (Å²) in [4.78, 5) is 19.8. The summed E-state index contributed by atoms with van der Waals surface area (Å²) in [5, 5.41) is 4.12. The average Bonchev–Trinajstić information content (AvgIpc) is 2.74. The van der Waals surface area contributed by atoms with Crippen LogP contribution in [0.15, 0.2) is 57.9 Å². The van der Waals surface area contributed by atoms with Crippen LogP contribution in [0.1, 0.15) is 5.56 Å². The van der Waals surface area contributed by atoms with Gasteiger partial charge in [-0.1, -0.05) is 29.8 Å². The van der Waals surface area contributed by atoms with Gasteiger partial charge >= 0.3 is 0 Å². The maximum Gasteiger partial charge on any atom is 0.220 e. The first-order valence-electron chi connectivity index (χ1n) is 9.70. The van der Waals surface area contributed by atoms with Gasteiger partial charge in [-0.15, -0.1) is 12.4 Å². The number of fused-ring (bicyclic) bond motifs is 2. The van der Waals surface area contributed by atoms with Crippen LogP contribution < -0.4 is 15.6 Å². The van der Waals surface area contributed by atoms with Gasteiger partial charge in [-0.2, -0.15) is 0 Å². The van der Waals surface area contributed by atoms with Crippen LogP contribution in [0.25, 0.3) is 33.2 Å². The number of aromatic nitrogens is 1. The number of nitrogens with one attached hydrogen (secondary N) is 1. The SMILES string of the molecule is Cc1cnc2c(=O)c3c(Cl)cccc3oc2c1-c1ccc(N2CCNCC2)cc1.Cl. The van der Waals surface area contributed by atoms with Crippen molar-refractivity contribution in [2.45, 2.75) is 6.92 Å². The Bertz CT molecular complexity index is 1280. The number of halogens is 2. The zero-order valence-corrected chi connectivity index (χ0v) is 18.0. The Morgan fingerprint density at radius 2 is 1.83 bits per heavy atom. The minimum absolute atomic E-state index is 0. The predicted molar refractivity (Wildman–Crippen MR) is 125 cm³/mol. The first-order chi connectivity index (χ1) is 14.1. The van der Waals surface area contributed by atoms with Crippen molar-refractivity contribution in [1.82, 2.24) is 10.3 Å². The molecule has 30 heavy (non-hydrogen) atoms. The molecule has 0 spiro atoms. The Hall–Kier alpha value is -2.60. The molecule has 2 aromatic heterocycles. The average molecular weight is 442 g/mol. The van der Waals surface area contributed by atoms with E-state index in [9.17, 15) is 4.79 Å². The van der Waals surface area contributed by atoms with Crippen LogP contribution in [0.4, 0.5) is 5.69 Å². The summed E-state index contributed by atoms with van der Waals surface area (Å²) in [6.45, 7) is 5.97. The quantitative estimate of drug-likeness (QED) is 0.452. The molecule has 1 fully saturated rings. The highest BCUT2D eigenvalue weighted by atomic mass is 35.5. The van der Waals surface area contributed by atoms with Crippen LogP contribution in [-0.2, 0) is 0 Å². The van der Waals surface area contributed by atoms with Crippen LogP contribution in [0, 0.1) is 6.92 Å². The molecule has 7 heteroatoms. The Morgan fingerprint density at radius 1 is 1.10 bits per heavy atom. The molecule has 0 unspecified atom stereocenters. The van der Waals surface area contributed by atoms with Crippen molar-refractivity contribution in [2.75, 3.05) is 31.1 Å². The van der Waals surface area contributed by atoms with Gasteiger partial charge in [0, 0.05) is 43.6 Å². The highest BCUT2D eigenvalue weighted by Crippen LogP contribution is 2.33. The van der Waals surface area contributed by atoms with Gasteiger partial charge in [0.05, 0.1) is 10.4 Å². The number of anilines is 1. The predicted octanol–water partition coefficient (Wildman–Crippen LogP) is 4.80. The van der Waals surface area contributed by atoms with Gasteiger partial charge in [0.25, 0.3) is 0 Å². The lowest BCUT2D eigenvalue weighted by Crippen LogP contribution is -2.43. The van der Waals surface area contributed by atoms with E-state index in [4.69, 9.17) is 16.0 Å².